The van der Waals surface area contributed by atoms with Gasteiger partial charge in [-0.1, -0.05) is 30.0 Å². The zero-order valence-corrected chi connectivity index (χ0v) is 13.2. The van der Waals surface area contributed by atoms with Gasteiger partial charge in [-0.25, -0.2) is 0 Å². The topological polar surface area (TPSA) is 85.8 Å². The molecule has 0 saturated carbocycles. The summed E-state index contributed by atoms with van der Waals surface area (Å²) in [6, 6.07) is 11.4. The van der Waals surface area contributed by atoms with Crippen molar-refractivity contribution in [3.8, 4) is 5.69 Å². The van der Waals surface area contributed by atoms with Crippen LogP contribution in [0.5, 0.6) is 0 Å². The third-order valence-corrected chi connectivity index (χ3v) is 4.21. The van der Waals surface area contributed by atoms with Gasteiger partial charge in [0.05, 0.1) is 5.75 Å². The molecule has 0 saturated heterocycles. The van der Waals surface area contributed by atoms with Crippen LogP contribution in [0.3, 0.4) is 0 Å². The number of benzene rings is 1. The van der Waals surface area contributed by atoms with E-state index in [0.29, 0.717) is 11.0 Å². The van der Waals surface area contributed by atoms with E-state index in [2.05, 4.69) is 15.3 Å². The molecular weight excluding hydrogens is 314 g/mol. The van der Waals surface area contributed by atoms with Crippen molar-refractivity contribution < 1.29 is 9.90 Å². The van der Waals surface area contributed by atoms with Crippen LogP contribution in [0.1, 0.15) is 18.8 Å². The Hall–Kier alpha value is -2.61. The zero-order valence-electron chi connectivity index (χ0n) is 12.4. The maximum absolute atomic E-state index is 10.9. The molecule has 2 heterocycles. The minimum atomic E-state index is -0.890. The van der Waals surface area contributed by atoms with Crippen LogP contribution in [0, 0.1) is 0 Å². The minimum absolute atomic E-state index is 0.0683. The summed E-state index contributed by atoms with van der Waals surface area (Å²) in [5.41, 5.74) is 0.888. The summed E-state index contributed by atoms with van der Waals surface area (Å²) in [5, 5.41) is 22.1. The lowest BCUT2D eigenvalue weighted by molar-refractivity contribution is -0.133. The lowest BCUT2D eigenvalue weighted by Gasteiger charge is -2.15. The van der Waals surface area contributed by atoms with Crippen molar-refractivity contribution in [2.75, 3.05) is 5.75 Å². The first-order chi connectivity index (χ1) is 11.2. The van der Waals surface area contributed by atoms with Crippen LogP contribution in [-0.4, -0.2) is 41.4 Å². The quantitative estimate of drug-likeness (QED) is 0.698. The third kappa shape index (κ3) is 3.26. The van der Waals surface area contributed by atoms with Crippen LogP contribution in [-0.2, 0) is 4.79 Å². The molecule has 1 atom stereocenters. The predicted octanol–water partition coefficient (Wildman–Crippen LogP) is 2.25. The molecule has 23 heavy (non-hydrogen) atoms. The van der Waals surface area contributed by atoms with Gasteiger partial charge < -0.3 is 5.11 Å². The molecule has 3 rings (SSSR count). The van der Waals surface area contributed by atoms with E-state index in [-0.39, 0.29) is 11.8 Å². The largest absolute Gasteiger partial charge is 0.481 e. The van der Waals surface area contributed by atoms with Gasteiger partial charge in [-0.05, 0) is 25.1 Å². The van der Waals surface area contributed by atoms with Gasteiger partial charge in [-0.2, -0.15) is 5.10 Å². The number of thioether (sulfide) groups is 1. The highest BCUT2D eigenvalue weighted by Gasteiger charge is 2.21. The van der Waals surface area contributed by atoms with E-state index in [1.807, 2.05) is 54.1 Å². The molecule has 0 spiro atoms. The van der Waals surface area contributed by atoms with Crippen LogP contribution in [0.4, 0.5) is 0 Å². The fourth-order valence-electron chi connectivity index (χ4n) is 2.22. The molecule has 0 aliphatic carbocycles. The third-order valence-electron chi connectivity index (χ3n) is 3.29. The zero-order chi connectivity index (χ0) is 16.2. The number of rotatable bonds is 6. The summed E-state index contributed by atoms with van der Waals surface area (Å²) < 4.78 is 3.66. The molecule has 118 valence electrons. The van der Waals surface area contributed by atoms with E-state index in [9.17, 15) is 4.79 Å². The van der Waals surface area contributed by atoms with Crippen molar-refractivity contribution in [3.05, 3.63) is 54.6 Å². The minimum Gasteiger partial charge on any atom is -0.481 e. The number of nitrogens with zero attached hydrogens (tertiary/aromatic N) is 5. The number of para-hydroxylation sites is 1. The molecule has 7 nitrogen and oxygen atoms in total. The van der Waals surface area contributed by atoms with Crippen molar-refractivity contribution in [2.45, 2.75) is 18.1 Å². The van der Waals surface area contributed by atoms with E-state index in [1.54, 1.807) is 10.9 Å². The summed E-state index contributed by atoms with van der Waals surface area (Å²) in [7, 11) is 0. The molecule has 0 fully saturated rings. The normalized spacial score (nSPS) is 12.2. The van der Waals surface area contributed by atoms with Crippen molar-refractivity contribution in [2.24, 2.45) is 0 Å². The maximum Gasteiger partial charge on any atom is 0.313 e. The van der Waals surface area contributed by atoms with Crippen LogP contribution in [0.25, 0.3) is 5.69 Å². The van der Waals surface area contributed by atoms with Crippen LogP contribution in [0.15, 0.2) is 53.9 Å². The van der Waals surface area contributed by atoms with E-state index < -0.39 is 5.97 Å². The van der Waals surface area contributed by atoms with Crippen LogP contribution in [0.2, 0.25) is 0 Å². The number of aromatic nitrogens is 5. The molecule has 0 aliphatic rings. The Bertz CT molecular complexity index is 786. The van der Waals surface area contributed by atoms with Gasteiger partial charge in [0.25, 0.3) is 0 Å². The lowest BCUT2D eigenvalue weighted by atomic mass is 10.3. The Morgan fingerprint density at radius 2 is 2.04 bits per heavy atom. The fourth-order valence-corrected chi connectivity index (χ4v) is 2.90. The summed E-state index contributed by atoms with van der Waals surface area (Å²) in [6.07, 6.45) is 3.57. The highest BCUT2D eigenvalue weighted by molar-refractivity contribution is 7.99. The first-order valence-electron chi connectivity index (χ1n) is 7.01. The van der Waals surface area contributed by atoms with E-state index >= 15 is 0 Å². The molecule has 8 heteroatoms. The number of carbonyl (C=O) groups is 1. The molecule has 0 bridgehead atoms. The Kier molecular flexibility index (Phi) is 4.42. The molecule has 2 aromatic heterocycles. The Morgan fingerprint density at radius 3 is 2.70 bits per heavy atom. The number of aliphatic carboxylic acids is 1. The number of hydrogen-bond acceptors (Lipinski definition) is 5. The summed E-state index contributed by atoms with van der Waals surface area (Å²) in [5.74, 6) is -0.256. The average Bonchev–Trinajstić information content (AvgIpc) is 3.22. The Morgan fingerprint density at radius 1 is 1.26 bits per heavy atom. The molecule has 1 N–H and O–H groups in total. The van der Waals surface area contributed by atoms with Gasteiger partial charge in [0.1, 0.15) is 6.04 Å². The molecular formula is C15H15N5O2S. The average molecular weight is 329 g/mol. The van der Waals surface area contributed by atoms with Crippen molar-refractivity contribution in [3.63, 3.8) is 0 Å². The van der Waals surface area contributed by atoms with E-state index in [1.165, 1.54) is 0 Å². The van der Waals surface area contributed by atoms with E-state index in [4.69, 9.17) is 5.11 Å². The summed E-state index contributed by atoms with van der Waals surface area (Å²) >= 11 is 1.15. The van der Waals surface area contributed by atoms with Gasteiger partial charge in [0.15, 0.2) is 11.0 Å². The lowest BCUT2D eigenvalue weighted by Crippen LogP contribution is -2.14. The van der Waals surface area contributed by atoms with Crippen LogP contribution < -0.4 is 0 Å². The Labute approximate surface area is 137 Å². The number of hydrogen-bond donors (Lipinski definition) is 1. The first-order valence-corrected chi connectivity index (χ1v) is 8.00. The SMILES string of the molecule is CC(c1nnc(SCC(=O)O)n1-c1ccccc1)n1cccn1. The van der Waals surface area contributed by atoms with Gasteiger partial charge in [-0.15, -0.1) is 10.2 Å². The second-order valence-corrected chi connectivity index (χ2v) is 5.80. The smallest absolute Gasteiger partial charge is 0.313 e. The molecule has 1 unspecified atom stereocenters. The molecule has 1 aromatic carbocycles. The Balaban J connectivity index is 2.04. The molecule has 0 aliphatic heterocycles. The van der Waals surface area contributed by atoms with Gasteiger partial charge in [0, 0.05) is 18.1 Å². The van der Waals surface area contributed by atoms with Gasteiger partial charge in [-0.3, -0.25) is 14.0 Å². The maximum atomic E-state index is 10.9. The fraction of sp³-hybridized carbons (Fsp3) is 0.200. The molecule has 3 aromatic rings. The molecule has 0 amide bonds. The van der Waals surface area contributed by atoms with E-state index in [0.717, 1.165) is 17.4 Å². The number of carboxylic acid groups (broad SMARTS) is 1. The monoisotopic (exact) mass is 329 g/mol. The highest BCUT2D eigenvalue weighted by atomic mass is 32.2. The summed E-state index contributed by atoms with van der Waals surface area (Å²) in [6.45, 7) is 1.97. The molecule has 0 radical (unpaired) electrons. The van der Waals surface area contributed by atoms with Crippen LogP contribution >= 0.6 is 11.8 Å². The number of carboxylic acids is 1. The first kappa shape index (κ1) is 15.3. The predicted molar refractivity (Wildman–Crippen MR) is 85.8 cm³/mol. The summed E-state index contributed by atoms with van der Waals surface area (Å²) in [4.78, 5) is 10.9. The highest BCUT2D eigenvalue weighted by Crippen LogP contribution is 2.26. The van der Waals surface area contributed by atoms with Crippen molar-refractivity contribution >= 4 is 17.7 Å². The van der Waals surface area contributed by atoms with Gasteiger partial charge >= 0.3 is 5.97 Å². The van der Waals surface area contributed by atoms with Gasteiger partial charge in [0.2, 0.25) is 0 Å². The van der Waals surface area contributed by atoms with Crippen molar-refractivity contribution in [1.82, 2.24) is 24.5 Å². The second kappa shape index (κ2) is 6.66. The standard InChI is InChI=1S/C15H15N5O2S/c1-11(19-9-5-8-16-19)14-17-18-15(23-10-13(21)22)20(14)12-6-3-2-4-7-12/h2-9,11H,10H2,1H3,(H,21,22). The second-order valence-electron chi connectivity index (χ2n) is 4.86. The van der Waals surface area contributed by atoms with Crippen molar-refractivity contribution in [1.29, 1.82) is 0 Å².